The minimum absolute atomic E-state index is 0.133. The van der Waals surface area contributed by atoms with Crippen LogP contribution < -0.4 is 10.1 Å². The predicted molar refractivity (Wildman–Crippen MR) is 94.6 cm³/mol. The second-order valence-corrected chi connectivity index (χ2v) is 6.87. The van der Waals surface area contributed by atoms with Gasteiger partial charge < -0.3 is 15.2 Å². The molecule has 0 bridgehead atoms. The minimum Gasteiger partial charge on any atom is -0.488 e. The summed E-state index contributed by atoms with van der Waals surface area (Å²) in [4.78, 5) is 12.1. The molecule has 5 heteroatoms. The molecule has 1 atom stereocenters. The average molecular weight is 345 g/mol. The smallest absolute Gasteiger partial charge is 0.223 e. The van der Waals surface area contributed by atoms with Gasteiger partial charge in [0.05, 0.1) is 12.5 Å². The van der Waals surface area contributed by atoms with Crippen molar-refractivity contribution in [1.82, 2.24) is 5.32 Å². The summed E-state index contributed by atoms with van der Waals surface area (Å²) in [6.45, 7) is 6.16. The molecular weight excluding hydrogens is 321 g/mol. The van der Waals surface area contributed by atoms with Gasteiger partial charge in [0.2, 0.25) is 5.91 Å². The third kappa shape index (κ3) is 6.19. The summed E-state index contributed by atoms with van der Waals surface area (Å²) in [5.41, 5.74) is 0.894. The van der Waals surface area contributed by atoms with E-state index in [4.69, 9.17) is 4.74 Å². The second-order valence-electron chi connectivity index (χ2n) is 6.87. The topological polar surface area (TPSA) is 58.6 Å². The van der Waals surface area contributed by atoms with Crippen molar-refractivity contribution in [2.45, 2.75) is 45.4 Å². The van der Waals surface area contributed by atoms with Gasteiger partial charge in [-0.1, -0.05) is 30.3 Å². The van der Waals surface area contributed by atoms with Crippen molar-refractivity contribution >= 4 is 5.91 Å². The van der Waals surface area contributed by atoms with E-state index in [1.165, 1.54) is 18.2 Å². The number of ether oxygens (including phenoxy) is 1. The molecule has 134 valence electrons. The summed E-state index contributed by atoms with van der Waals surface area (Å²) >= 11 is 0. The molecule has 2 aromatic rings. The molecule has 0 heterocycles. The number of carbonyl (C=O) groups is 1. The Bertz CT molecular complexity index is 725. The van der Waals surface area contributed by atoms with Crippen molar-refractivity contribution in [3.8, 4) is 5.75 Å². The highest BCUT2D eigenvalue weighted by Gasteiger charge is 2.16. The third-order valence-corrected chi connectivity index (χ3v) is 3.48. The van der Waals surface area contributed by atoms with Crippen molar-refractivity contribution in [3.63, 3.8) is 0 Å². The number of para-hydroxylation sites is 1. The second kappa shape index (κ2) is 8.12. The number of aliphatic hydroxyl groups excluding tert-OH is 1. The molecule has 2 aromatic carbocycles. The molecule has 0 saturated heterocycles. The van der Waals surface area contributed by atoms with Crippen LogP contribution in [-0.2, 0) is 11.3 Å². The van der Waals surface area contributed by atoms with Crippen molar-refractivity contribution in [1.29, 1.82) is 0 Å². The van der Waals surface area contributed by atoms with Crippen LogP contribution in [0.2, 0.25) is 0 Å². The van der Waals surface area contributed by atoms with Crippen LogP contribution in [0.25, 0.3) is 0 Å². The maximum absolute atomic E-state index is 13.2. The van der Waals surface area contributed by atoms with E-state index in [1.807, 2.05) is 45.0 Å². The van der Waals surface area contributed by atoms with Gasteiger partial charge in [0.25, 0.3) is 0 Å². The summed E-state index contributed by atoms with van der Waals surface area (Å²) in [6, 6.07) is 13.1. The van der Waals surface area contributed by atoms with Gasteiger partial charge in [-0.2, -0.15) is 0 Å². The molecule has 1 amide bonds. The molecule has 0 aliphatic rings. The molecule has 0 spiro atoms. The molecule has 2 rings (SSSR count). The highest BCUT2D eigenvalue weighted by molar-refractivity contribution is 5.76. The van der Waals surface area contributed by atoms with Crippen LogP contribution in [-0.4, -0.2) is 16.6 Å². The lowest BCUT2D eigenvalue weighted by Crippen LogP contribution is -2.27. The zero-order chi connectivity index (χ0) is 18.4. The first-order valence-corrected chi connectivity index (χ1v) is 8.22. The lowest BCUT2D eigenvalue weighted by Gasteiger charge is -2.23. The predicted octanol–water partition coefficient (Wildman–Crippen LogP) is 3.74. The number of rotatable bonds is 6. The Hall–Kier alpha value is -2.40. The van der Waals surface area contributed by atoms with Gasteiger partial charge in [0.15, 0.2) is 0 Å². The van der Waals surface area contributed by atoms with Crippen molar-refractivity contribution < 1.29 is 19.0 Å². The van der Waals surface area contributed by atoms with E-state index >= 15 is 0 Å². The number of nitrogens with one attached hydrogen (secondary N) is 1. The Balaban J connectivity index is 1.94. The molecule has 4 nitrogen and oxygen atoms in total. The highest BCUT2D eigenvalue weighted by Crippen LogP contribution is 2.23. The molecule has 0 aliphatic heterocycles. The fourth-order valence-corrected chi connectivity index (χ4v) is 2.35. The van der Waals surface area contributed by atoms with Crippen molar-refractivity contribution in [2.24, 2.45) is 0 Å². The zero-order valence-electron chi connectivity index (χ0n) is 14.8. The Morgan fingerprint density at radius 1 is 1.20 bits per heavy atom. The largest absolute Gasteiger partial charge is 0.488 e. The molecule has 0 saturated carbocycles. The lowest BCUT2D eigenvalue weighted by atomic mass is 10.1. The van der Waals surface area contributed by atoms with E-state index in [-0.39, 0.29) is 17.9 Å². The summed E-state index contributed by atoms with van der Waals surface area (Å²) in [7, 11) is 0. The van der Waals surface area contributed by atoms with E-state index in [1.54, 1.807) is 6.07 Å². The standard InChI is InChI=1S/C20H24FNO3/c1-20(2,3)25-18-10-5-4-7-15(18)13-22-19(24)12-17(23)14-8-6-9-16(21)11-14/h4-11,17,23H,12-13H2,1-3H3,(H,22,24). The number of carbonyl (C=O) groups excluding carboxylic acids is 1. The van der Waals surface area contributed by atoms with E-state index in [0.29, 0.717) is 17.9 Å². The van der Waals surface area contributed by atoms with Gasteiger partial charge in [-0.15, -0.1) is 0 Å². The van der Waals surface area contributed by atoms with Gasteiger partial charge >= 0.3 is 0 Å². The molecule has 25 heavy (non-hydrogen) atoms. The van der Waals surface area contributed by atoms with Gasteiger partial charge in [0.1, 0.15) is 17.2 Å². The average Bonchev–Trinajstić information content (AvgIpc) is 2.52. The highest BCUT2D eigenvalue weighted by atomic mass is 19.1. The quantitative estimate of drug-likeness (QED) is 0.838. The molecule has 0 radical (unpaired) electrons. The van der Waals surface area contributed by atoms with Gasteiger partial charge in [-0.05, 0) is 44.5 Å². The Kier molecular flexibility index (Phi) is 6.15. The van der Waals surface area contributed by atoms with Gasteiger partial charge in [0, 0.05) is 12.1 Å². The van der Waals surface area contributed by atoms with Crippen LogP contribution in [0.5, 0.6) is 5.75 Å². The molecule has 0 fully saturated rings. The van der Waals surface area contributed by atoms with Gasteiger partial charge in [-0.3, -0.25) is 4.79 Å². The molecule has 2 N–H and O–H groups in total. The molecule has 1 unspecified atom stereocenters. The van der Waals surface area contributed by atoms with E-state index in [0.717, 1.165) is 5.56 Å². The first-order valence-electron chi connectivity index (χ1n) is 8.22. The summed E-state index contributed by atoms with van der Waals surface area (Å²) in [5.74, 6) is -0.0477. The van der Waals surface area contributed by atoms with E-state index < -0.39 is 11.9 Å². The minimum atomic E-state index is -1.04. The molecular formula is C20H24FNO3. The Morgan fingerprint density at radius 2 is 1.92 bits per heavy atom. The molecule has 0 aliphatic carbocycles. The van der Waals surface area contributed by atoms with Crippen molar-refractivity contribution in [2.75, 3.05) is 0 Å². The number of benzene rings is 2. The fraction of sp³-hybridized carbons (Fsp3) is 0.350. The Labute approximate surface area is 147 Å². The number of halogens is 1. The number of hydrogen-bond donors (Lipinski definition) is 2. The van der Waals surface area contributed by atoms with E-state index in [9.17, 15) is 14.3 Å². The van der Waals surface area contributed by atoms with Crippen molar-refractivity contribution in [3.05, 3.63) is 65.5 Å². The third-order valence-electron chi connectivity index (χ3n) is 3.48. The molecule has 0 aromatic heterocycles. The van der Waals surface area contributed by atoms with E-state index in [2.05, 4.69) is 5.32 Å². The normalized spacial score (nSPS) is 12.5. The van der Waals surface area contributed by atoms with Crippen LogP contribution in [0.3, 0.4) is 0 Å². The van der Waals surface area contributed by atoms with Crippen LogP contribution in [0.1, 0.15) is 44.4 Å². The Morgan fingerprint density at radius 3 is 2.60 bits per heavy atom. The fourth-order valence-electron chi connectivity index (χ4n) is 2.35. The number of amides is 1. The van der Waals surface area contributed by atoms with Crippen LogP contribution >= 0.6 is 0 Å². The maximum Gasteiger partial charge on any atom is 0.223 e. The summed E-state index contributed by atoms with van der Waals surface area (Å²) in [6.07, 6.45) is -1.18. The lowest BCUT2D eigenvalue weighted by molar-refractivity contribution is -0.123. The van der Waals surface area contributed by atoms with Gasteiger partial charge in [-0.25, -0.2) is 4.39 Å². The monoisotopic (exact) mass is 345 g/mol. The van der Waals surface area contributed by atoms with Crippen LogP contribution in [0.4, 0.5) is 4.39 Å². The number of hydrogen-bond acceptors (Lipinski definition) is 3. The zero-order valence-corrected chi connectivity index (χ0v) is 14.8. The van der Waals surface area contributed by atoms with Crippen LogP contribution in [0, 0.1) is 5.82 Å². The first-order chi connectivity index (χ1) is 11.7. The first kappa shape index (κ1) is 18.9. The number of aliphatic hydroxyl groups is 1. The maximum atomic E-state index is 13.2. The SMILES string of the molecule is CC(C)(C)Oc1ccccc1CNC(=O)CC(O)c1cccc(F)c1. The summed E-state index contributed by atoms with van der Waals surface area (Å²) < 4.78 is 19.1. The summed E-state index contributed by atoms with van der Waals surface area (Å²) in [5, 5.41) is 12.8. The van der Waals surface area contributed by atoms with Crippen LogP contribution in [0.15, 0.2) is 48.5 Å².